The molecule has 0 aromatic heterocycles. The Kier molecular flexibility index (Phi) is 7.06. The summed E-state index contributed by atoms with van der Waals surface area (Å²) >= 11 is 0. The summed E-state index contributed by atoms with van der Waals surface area (Å²) in [5, 5.41) is 9.36. The van der Waals surface area contributed by atoms with Gasteiger partial charge < -0.3 is 9.64 Å². The Hall–Kier alpha value is -2.55. The van der Waals surface area contributed by atoms with Crippen molar-refractivity contribution in [2.45, 2.75) is 78.1 Å². The van der Waals surface area contributed by atoms with Crippen LogP contribution in [-0.4, -0.2) is 46.0 Å². The fraction of sp³-hybridized carbons (Fsp3) is 0.591. The van der Waals surface area contributed by atoms with Crippen LogP contribution in [0.5, 0.6) is 0 Å². The number of benzene rings is 1. The lowest BCUT2D eigenvalue weighted by atomic mass is 10.00. The van der Waals surface area contributed by atoms with E-state index < -0.39 is 17.7 Å². The molecule has 6 heteroatoms. The van der Waals surface area contributed by atoms with Gasteiger partial charge in [-0.3, -0.25) is 9.69 Å². The molecule has 0 aliphatic carbocycles. The third kappa shape index (κ3) is 5.48. The second kappa shape index (κ2) is 9.09. The van der Waals surface area contributed by atoms with Crippen LogP contribution >= 0.6 is 0 Å². The van der Waals surface area contributed by atoms with Gasteiger partial charge in [-0.25, -0.2) is 4.79 Å². The van der Waals surface area contributed by atoms with Crippen LogP contribution in [0.4, 0.5) is 4.79 Å². The fourth-order valence-corrected chi connectivity index (χ4v) is 3.38. The van der Waals surface area contributed by atoms with Crippen molar-refractivity contribution in [1.82, 2.24) is 9.80 Å². The third-order valence-electron chi connectivity index (χ3n) is 4.80. The van der Waals surface area contributed by atoms with Gasteiger partial charge >= 0.3 is 6.09 Å². The van der Waals surface area contributed by atoms with Crippen LogP contribution in [-0.2, 0) is 16.1 Å². The van der Waals surface area contributed by atoms with Crippen LogP contribution in [0.3, 0.4) is 0 Å². The van der Waals surface area contributed by atoms with Crippen molar-refractivity contribution in [1.29, 1.82) is 5.26 Å². The number of piperidine rings is 1. The molecule has 1 fully saturated rings. The Balaban J connectivity index is 2.24. The van der Waals surface area contributed by atoms with Crippen molar-refractivity contribution in [3.05, 3.63) is 35.4 Å². The minimum Gasteiger partial charge on any atom is -0.444 e. The molecule has 152 valence electrons. The number of nitrogens with zero attached hydrogens (tertiary/aromatic N) is 3. The molecule has 1 aromatic rings. The van der Waals surface area contributed by atoms with E-state index in [1.54, 1.807) is 15.9 Å². The minimum absolute atomic E-state index is 0.0540. The second-order valence-corrected chi connectivity index (χ2v) is 8.51. The maximum Gasteiger partial charge on any atom is 0.410 e. The van der Waals surface area contributed by atoms with Gasteiger partial charge in [0.1, 0.15) is 11.6 Å². The number of carbonyl (C=O) groups is 2. The van der Waals surface area contributed by atoms with Crippen LogP contribution in [0, 0.1) is 11.3 Å². The zero-order valence-electron chi connectivity index (χ0n) is 17.6. The van der Waals surface area contributed by atoms with Gasteiger partial charge in [-0.15, -0.1) is 0 Å². The van der Waals surface area contributed by atoms with Gasteiger partial charge in [0.2, 0.25) is 5.91 Å². The standard InChI is InChI=1S/C22H31N3O3/c1-16(2)25(15-18-11-7-6-10-17(18)14-23)20(26)19-12-8-9-13-24(19)21(27)28-22(3,4)5/h6-7,10-11,16,19H,8-9,12-13,15H2,1-5H3/t19-/m0/s1. The molecule has 1 aliphatic rings. The highest BCUT2D eigenvalue weighted by molar-refractivity contribution is 5.86. The molecule has 1 heterocycles. The molecule has 0 saturated carbocycles. The summed E-state index contributed by atoms with van der Waals surface area (Å²) in [4.78, 5) is 29.4. The van der Waals surface area contributed by atoms with E-state index in [9.17, 15) is 14.9 Å². The van der Waals surface area contributed by atoms with Crippen molar-refractivity contribution in [3.63, 3.8) is 0 Å². The quantitative estimate of drug-likeness (QED) is 0.783. The smallest absolute Gasteiger partial charge is 0.410 e. The van der Waals surface area contributed by atoms with Crippen molar-refractivity contribution in [2.24, 2.45) is 0 Å². The fourth-order valence-electron chi connectivity index (χ4n) is 3.38. The Morgan fingerprint density at radius 2 is 1.96 bits per heavy atom. The lowest BCUT2D eigenvalue weighted by molar-refractivity contribution is -0.140. The number of hydrogen-bond donors (Lipinski definition) is 0. The molecular weight excluding hydrogens is 354 g/mol. The van der Waals surface area contributed by atoms with Crippen LogP contribution in [0.2, 0.25) is 0 Å². The molecule has 0 N–H and O–H groups in total. The molecule has 1 atom stereocenters. The van der Waals surface area contributed by atoms with E-state index >= 15 is 0 Å². The largest absolute Gasteiger partial charge is 0.444 e. The van der Waals surface area contributed by atoms with Gasteiger partial charge in [0.05, 0.1) is 11.6 Å². The summed E-state index contributed by atoms with van der Waals surface area (Å²) in [5.74, 6) is -0.0895. The Labute approximate surface area is 168 Å². The highest BCUT2D eigenvalue weighted by Gasteiger charge is 2.37. The highest BCUT2D eigenvalue weighted by Crippen LogP contribution is 2.24. The van der Waals surface area contributed by atoms with Gasteiger partial charge in [-0.2, -0.15) is 5.26 Å². The topological polar surface area (TPSA) is 73.6 Å². The second-order valence-electron chi connectivity index (χ2n) is 8.51. The first-order valence-corrected chi connectivity index (χ1v) is 9.92. The lowest BCUT2D eigenvalue weighted by Crippen LogP contribution is -2.55. The average Bonchev–Trinajstić information content (AvgIpc) is 2.64. The van der Waals surface area contributed by atoms with E-state index in [0.29, 0.717) is 25.1 Å². The number of amides is 2. The average molecular weight is 386 g/mol. The van der Waals surface area contributed by atoms with E-state index in [4.69, 9.17) is 4.74 Å². The summed E-state index contributed by atoms with van der Waals surface area (Å²) in [6.07, 6.45) is 1.95. The monoisotopic (exact) mass is 385 g/mol. The first-order chi connectivity index (χ1) is 13.1. The van der Waals surface area contributed by atoms with Crippen molar-refractivity contribution in [2.75, 3.05) is 6.54 Å². The molecule has 0 spiro atoms. The summed E-state index contributed by atoms with van der Waals surface area (Å²) in [6, 6.07) is 8.91. The molecule has 6 nitrogen and oxygen atoms in total. The number of nitriles is 1. The van der Waals surface area contributed by atoms with Crippen LogP contribution < -0.4 is 0 Å². The van der Waals surface area contributed by atoms with Gasteiger partial charge in [-0.1, -0.05) is 18.2 Å². The lowest BCUT2D eigenvalue weighted by Gasteiger charge is -2.39. The van der Waals surface area contributed by atoms with Gasteiger partial charge in [0, 0.05) is 19.1 Å². The van der Waals surface area contributed by atoms with Crippen LogP contribution in [0.1, 0.15) is 65.0 Å². The number of rotatable bonds is 4. The molecule has 0 bridgehead atoms. The molecule has 1 saturated heterocycles. The summed E-state index contributed by atoms with van der Waals surface area (Å²) in [7, 11) is 0. The number of carbonyl (C=O) groups excluding carboxylic acids is 2. The zero-order chi connectivity index (χ0) is 20.9. The minimum atomic E-state index is -0.606. The van der Waals surface area contributed by atoms with E-state index in [2.05, 4.69) is 6.07 Å². The Bertz CT molecular complexity index is 746. The van der Waals surface area contributed by atoms with Gasteiger partial charge in [0.15, 0.2) is 0 Å². The van der Waals surface area contributed by atoms with E-state index in [1.165, 1.54) is 0 Å². The predicted octanol–water partition coefficient (Wildman–Crippen LogP) is 4.08. The zero-order valence-corrected chi connectivity index (χ0v) is 17.6. The SMILES string of the molecule is CC(C)N(Cc1ccccc1C#N)C(=O)[C@@H]1CCCCN1C(=O)OC(C)(C)C. The third-order valence-corrected chi connectivity index (χ3v) is 4.80. The normalized spacial score (nSPS) is 17.2. The maximum absolute atomic E-state index is 13.4. The summed E-state index contributed by atoms with van der Waals surface area (Å²) in [5.41, 5.74) is 0.770. The molecular formula is C22H31N3O3. The van der Waals surface area contributed by atoms with Crippen LogP contribution in [0.25, 0.3) is 0 Å². The molecule has 2 rings (SSSR count). The van der Waals surface area contributed by atoms with Gasteiger partial charge in [0.25, 0.3) is 0 Å². The molecule has 1 aromatic carbocycles. The van der Waals surface area contributed by atoms with Gasteiger partial charge in [-0.05, 0) is 65.5 Å². The number of ether oxygens (including phenoxy) is 1. The maximum atomic E-state index is 13.4. The van der Waals surface area contributed by atoms with E-state index in [-0.39, 0.29) is 11.9 Å². The van der Waals surface area contributed by atoms with Crippen molar-refractivity contribution >= 4 is 12.0 Å². The molecule has 1 aliphatic heterocycles. The Morgan fingerprint density at radius 1 is 1.29 bits per heavy atom. The predicted molar refractivity (Wildman–Crippen MR) is 107 cm³/mol. The van der Waals surface area contributed by atoms with Crippen LogP contribution in [0.15, 0.2) is 24.3 Å². The first kappa shape index (κ1) is 21.7. The molecule has 28 heavy (non-hydrogen) atoms. The highest BCUT2D eigenvalue weighted by atomic mass is 16.6. The van der Waals surface area contributed by atoms with E-state index in [0.717, 1.165) is 18.4 Å². The first-order valence-electron chi connectivity index (χ1n) is 9.92. The molecule has 2 amide bonds. The van der Waals surface area contributed by atoms with Crippen molar-refractivity contribution in [3.8, 4) is 6.07 Å². The van der Waals surface area contributed by atoms with E-state index in [1.807, 2.05) is 52.8 Å². The molecule has 0 radical (unpaired) electrons. The Morgan fingerprint density at radius 3 is 2.57 bits per heavy atom. The molecule has 0 unspecified atom stereocenters. The summed E-state index contributed by atoms with van der Waals surface area (Å²) in [6.45, 7) is 10.2. The van der Waals surface area contributed by atoms with Crippen molar-refractivity contribution < 1.29 is 14.3 Å². The summed E-state index contributed by atoms with van der Waals surface area (Å²) < 4.78 is 5.53. The number of hydrogen-bond acceptors (Lipinski definition) is 4. The number of likely N-dealkylation sites (tertiary alicyclic amines) is 1.